The lowest BCUT2D eigenvalue weighted by molar-refractivity contribution is -0.123. The Morgan fingerprint density at radius 2 is 2.10 bits per heavy atom. The van der Waals surface area contributed by atoms with E-state index in [0.717, 1.165) is 29.7 Å². The zero-order chi connectivity index (χ0) is 15.1. The molecule has 21 heavy (non-hydrogen) atoms. The maximum Gasteiger partial charge on any atom is 0.237 e. The van der Waals surface area contributed by atoms with Crippen LogP contribution in [0, 0.1) is 12.8 Å². The molecule has 0 aliphatic carbocycles. The molecule has 0 radical (unpaired) electrons. The number of rotatable bonds is 7. The Balaban J connectivity index is 0.00000400. The Morgan fingerprint density at radius 3 is 2.67 bits per heavy atom. The van der Waals surface area contributed by atoms with Gasteiger partial charge in [-0.3, -0.25) is 4.79 Å². The zero-order valence-corrected chi connectivity index (χ0v) is 14.1. The summed E-state index contributed by atoms with van der Waals surface area (Å²) in [5.74, 6) is 1.01. The Bertz CT molecular complexity index is 452. The fraction of sp³-hybridized carbons (Fsp3) is 0.562. The molecule has 4 nitrogen and oxygen atoms in total. The van der Waals surface area contributed by atoms with E-state index in [0.29, 0.717) is 6.54 Å². The number of nitrogens with one attached hydrogen (secondary N) is 1. The van der Waals surface area contributed by atoms with E-state index in [1.807, 2.05) is 32.9 Å². The van der Waals surface area contributed by atoms with E-state index in [1.54, 1.807) is 7.11 Å². The van der Waals surface area contributed by atoms with E-state index in [4.69, 9.17) is 10.5 Å². The lowest BCUT2D eigenvalue weighted by Gasteiger charge is -2.17. The second kappa shape index (κ2) is 9.64. The highest BCUT2D eigenvalue weighted by molar-refractivity contribution is 5.85. The number of halogens is 1. The summed E-state index contributed by atoms with van der Waals surface area (Å²) in [5.41, 5.74) is 8.14. The molecule has 1 amide bonds. The van der Waals surface area contributed by atoms with Crippen molar-refractivity contribution in [2.45, 2.75) is 39.7 Å². The normalized spacial score (nSPS) is 13.0. The number of benzene rings is 1. The van der Waals surface area contributed by atoms with Crippen LogP contribution in [0.4, 0.5) is 0 Å². The highest BCUT2D eigenvalue weighted by Gasteiger charge is 2.18. The third kappa shape index (κ3) is 5.94. The monoisotopic (exact) mass is 314 g/mol. The third-order valence-corrected chi connectivity index (χ3v) is 3.75. The molecule has 1 aromatic carbocycles. The smallest absolute Gasteiger partial charge is 0.237 e. The van der Waals surface area contributed by atoms with Crippen molar-refractivity contribution in [3.8, 4) is 5.75 Å². The van der Waals surface area contributed by atoms with E-state index >= 15 is 0 Å². The van der Waals surface area contributed by atoms with Gasteiger partial charge in [-0.2, -0.15) is 0 Å². The van der Waals surface area contributed by atoms with Crippen molar-refractivity contribution in [3.63, 3.8) is 0 Å². The van der Waals surface area contributed by atoms with Gasteiger partial charge in [-0.15, -0.1) is 12.4 Å². The molecular formula is C16H27ClN2O2. The lowest BCUT2D eigenvalue weighted by Crippen LogP contribution is -2.45. The molecule has 2 unspecified atom stereocenters. The molecular weight excluding hydrogens is 288 g/mol. The molecule has 2 atom stereocenters. The molecule has 0 aliphatic heterocycles. The molecule has 1 rings (SSSR count). The molecule has 0 fully saturated rings. The van der Waals surface area contributed by atoms with Crippen molar-refractivity contribution < 1.29 is 9.53 Å². The maximum atomic E-state index is 11.9. The average molecular weight is 315 g/mol. The SMILES string of the molecule is CCC(C)C(N)C(=O)NCCc1ccc(C)c(OC)c1.Cl. The van der Waals surface area contributed by atoms with Crippen molar-refractivity contribution in [2.75, 3.05) is 13.7 Å². The molecule has 5 heteroatoms. The average Bonchev–Trinajstić information content (AvgIpc) is 2.47. The van der Waals surface area contributed by atoms with Gasteiger partial charge >= 0.3 is 0 Å². The van der Waals surface area contributed by atoms with E-state index in [1.165, 1.54) is 0 Å². The Morgan fingerprint density at radius 1 is 1.43 bits per heavy atom. The number of nitrogens with two attached hydrogens (primary N) is 1. The second-order valence-corrected chi connectivity index (χ2v) is 5.26. The number of carbonyl (C=O) groups excluding carboxylic acids is 1. The van der Waals surface area contributed by atoms with Gasteiger partial charge in [0, 0.05) is 6.54 Å². The van der Waals surface area contributed by atoms with Crippen molar-refractivity contribution >= 4 is 18.3 Å². The van der Waals surface area contributed by atoms with Crippen LogP contribution in [-0.4, -0.2) is 25.6 Å². The van der Waals surface area contributed by atoms with Gasteiger partial charge in [0.25, 0.3) is 0 Å². The van der Waals surface area contributed by atoms with Crippen LogP contribution in [0.1, 0.15) is 31.4 Å². The molecule has 0 saturated heterocycles. The van der Waals surface area contributed by atoms with Gasteiger partial charge in [0.1, 0.15) is 5.75 Å². The van der Waals surface area contributed by atoms with Crippen LogP contribution >= 0.6 is 12.4 Å². The molecule has 0 aromatic heterocycles. The van der Waals surface area contributed by atoms with E-state index in [9.17, 15) is 4.79 Å². The quantitative estimate of drug-likeness (QED) is 0.812. The molecule has 0 saturated carbocycles. The van der Waals surface area contributed by atoms with Crippen LogP contribution < -0.4 is 15.8 Å². The first-order chi connectivity index (χ1) is 9.49. The van der Waals surface area contributed by atoms with E-state index < -0.39 is 6.04 Å². The predicted molar refractivity (Wildman–Crippen MR) is 89.1 cm³/mol. The highest BCUT2D eigenvalue weighted by Crippen LogP contribution is 2.19. The first kappa shape index (κ1) is 19.7. The summed E-state index contributed by atoms with van der Waals surface area (Å²) in [4.78, 5) is 11.9. The first-order valence-corrected chi connectivity index (χ1v) is 7.16. The minimum atomic E-state index is -0.424. The number of carbonyl (C=O) groups is 1. The lowest BCUT2D eigenvalue weighted by atomic mass is 9.99. The van der Waals surface area contributed by atoms with Gasteiger partial charge in [-0.1, -0.05) is 32.4 Å². The highest BCUT2D eigenvalue weighted by atomic mass is 35.5. The second-order valence-electron chi connectivity index (χ2n) is 5.26. The summed E-state index contributed by atoms with van der Waals surface area (Å²) >= 11 is 0. The number of hydrogen-bond acceptors (Lipinski definition) is 3. The summed E-state index contributed by atoms with van der Waals surface area (Å²) in [6.07, 6.45) is 1.68. The number of hydrogen-bond donors (Lipinski definition) is 2. The number of amides is 1. The summed E-state index contributed by atoms with van der Waals surface area (Å²) in [7, 11) is 1.67. The van der Waals surface area contributed by atoms with Crippen LogP contribution in [0.3, 0.4) is 0 Å². The van der Waals surface area contributed by atoms with Crippen LogP contribution in [0.15, 0.2) is 18.2 Å². The van der Waals surface area contributed by atoms with E-state index in [-0.39, 0.29) is 24.2 Å². The summed E-state index contributed by atoms with van der Waals surface area (Å²) in [6.45, 7) is 6.64. The van der Waals surface area contributed by atoms with Gasteiger partial charge in [-0.25, -0.2) is 0 Å². The Hall–Kier alpha value is -1.26. The van der Waals surface area contributed by atoms with Crippen molar-refractivity contribution in [2.24, 2.45) is 11.7 Å². The zero-order valence-electron chi connectivity index (χ0n) is 13.3. The third-order valence-electron chi connectivity index (χ3n) is 3.75. The molecule has 0 bridgehead atoms. The van der Waals surface area contributed by atoms with Crippen molar-refractivity contribution in [1.29, 1.82) is 0 Å². The van der Waals surface area contributed by atoms with Crippen LogP contribution in [0.25, 0.3) is 0 Å². The van der Waals surface area contributed by atoms with Gasteiger partial charge in [0.15, 0.2) is 0 Å². The molecule has 1 aromatic rings. The molecule has 3 N–H and O–H groups in total. The Labute approximate surface area is 133 Å². The minimum absolute atomic E-state index is 0. The maximum absolute atomic E-state index is 11.9. The molecule has 0 aliphatic rings. The van der Waals surface area contributed by atoms with Crippen molar-refractivity contribution in [1.82, 2.24) is 5.32 Å². The summed E-state index contributed by atoms with van der Waals surface area (Å²) < 4.78 is 5.29. The largest absolute Gasteiger partial charge is 0.496 e. The fourth-order valence-electron chi connectivity index (χ4n) is 1.98. The number of aryl methyl sites for hydroxylation is 1. The molecule has 0 heterocycles. The van der Waals surface area contributed by atoms with Crippen LogP contribution in [-0.2, 0) is 11.2 Å². The number of methoxy groups -OCH3 is 1. The summed E-state index contributed by atoms with van der Waals surface area (Å²) in [6, 6.07) is 5.67. The van der Waals surface area contributed by atoms with Gasteiger partial charge in [0.05, 0.1) is 13.2 Å². The topological polar surface area (TPSA) is 64.4 Å². The van der Waals surface area contributed by atoms with Crippen molar-refractivity contribution in [3.05, 3.63) is 29.3 Å². The Kier molecular flexibility index (Phi) is 9.06. The van der Waals surface area contributed by atoms with Gasteiger partial charge < -0.3 is 15.8 Å². The molecule has 0 spiro atoms. The van der Waals surface area contributed by atoms with Crippen LogP contribution in [0.5, 0.6) is 5.75 Å². The standard InChI is InChI=1S/C16H26N2O2.ClH/c1-5-11(2)15(17)16(19)18-9-8-13-7-6-12(3)14(10-13)20-4;/h6-7,10-11,15H,5,8-9,17H2,1-4H3,(H,18,19);1H. The molecule has 120 valence electrons. The van der Waals surface area contributed by atoms with Gasteiger partial charge in [-0.05, 0) is 36.5 Å². The van der Waals surface area contributed by atoms with Gasteiger partial charge in [0.2, 0.25) is 5.91 Å². The fourth-order valence-corrected chi connectivity index (χ4v) is 1.98. The first-order valence-electron chi connectivity index (χ1n) is 7.16. The van der Waals surface area contributed by atoms with Crippen LogP contribution in [0.2, 0.25) is 0 Å². The van der Waals surface area contributed by atoms with E-state index in [2.05, 4.69) is 11.4 Å². The number of ether oxygens (including phenoxy) is 1. The predicted octanol–water partition coefficient (Wildman–Crippen LogP) is 2.46. The summed E-state index contributed by atoms with van der Waals surface area (Å²) in [5, 5.41) is 2.89. The minimum Gasteiger partial charge on any atom is -0.496 e.